The zero-order valence-electron chi connectivity index (χ0n) is 9.45. The van der Waals surface area contributed by atoms with Gasteiger partial charge < -0.3 is 5.32 Å². The first-order valence-electron chi connectivity index (χ1n) is 5.40. The van der Waals surface area contributed by atoms with Crippen LogP contribution >= 0.6 is 34.5 Å². The van der Waals surface area contributed by atoms with Crippen molar-refractivity contribution in [1.29, 1.82) is 0 Å². The Labute approximate surface area is 122 Å². The standard InChI is InChI=1S/C13H7Cl2FN2S/c14-7-4-5-11-10(6-7)18-13(19-11)17-9-3-1-2-8(15)12(9)16/h1-6H,(H,17,18). The third-order valence-electron chi connectivity index (χ3n) is 2.54. The van der Waals surface area contributed by atoms with E-state index in [1.165, 1.54) is 17.4 Å². The summed E-state index contributed by atoms with van der Waals surface area (Å²) in [5.74, 6) is -0.485. The summed E-state index contributed by atoms with van der Waals surface area (Å²) in [4.78, 5) is 4.35. The lowest BCUT2D eigenvalue weighted by Crippen LogP contribution is -1.93. The van der Waals surface area contributed by atoms with E-state index in [1.54, 1.807) is 24.3 Å². The van der Waals surface area contributed by atoms with Crippen molar-refractivity contribution in [3.05, 3.63) is 52.3 Å². The molecule has 0 fully saturated rings. The van der Waals surface area contributed by atoms with Crippen molar-refractivity contribution in [3.63, 3.8) is 0 Å². The van der Waals surface area contributed by atoms with Crippen LogP contribution < -0.4 is 5.32 Å². The molecule has 2 aromatic carbocycles. The van der Waals surface area contributed by atoms with Crippen molar-refractivity contribution in [2.24, 2.45) is 0 Å². The smallest absolute Gasteiger partial charge is 0.188 e. The lowest BCUT2D eigenvalue weighted by Gasteiger charge is -2.04. The molecule has 6 heteroatoms. The van der Waals surface area contributed by atoms with Crippen LogP contribution in [0.5, 0.6) is 0 Å². The number of nitrogens with one attached hydrogen (secondary N) is 1. The number of rotatable bonds is 2. The SMILES string of the molecule is Fc1c(Cl)cccc1Nc1nc2cc(Cl)ccc2s1. The highest BCUT2D eigenvalue weighted by atomic mass is 35.5. The summed E-state index contributed by atoms with van der Waals surface area (Å²) < 4.78 is 14.7. The second-order valence-corrected chi connectivity index (χ2v) is 5.73. The molecule has 96 valence electrons. The van der Waals surface area contributed by atoms with Crippen molar-refractivity contribution in [3.8, 4) is 0 Å². The summed E-state index contributed by atoms with van der Waals surface area (Å²) in [5, 5.41) is 4.22. The molecule has 0 saturated heterocycles. The van der Waals surface area contributed by atoms with Gasteiger partial charge in [0.15, 0.2) is 10.9 Å². The fourth-order valence-electron chi connectivity index (χ4n) is 1.67. The highest BCUT2D eigenvalue weighted by Crippen LogP contribution is 2.31. The van der Waals surface area contributed by atoms with Crippen LogP contribution in [0.25, 0.3) is 10.2 Å². The molecule has 19 heavy (non-hydrogen) atoms. The average molecular weight is 313 g/mol. The molecule has 0 spiro atoms. The zero-order valence-corrected chi connectivity index (χ0v) is 11.8. The molecule has 1 aromatic heterocycles. The Morgan fingerprint density at radius 2 is 2.00 bits per heavy atom. The number of anilines is 2. The van der Waals surface area contributed by atoms with Gasteiger partial charge in [-0.05, 0) is 30.3 Å². The summed E-state index contributed by atoms with van der Waals surface area (Å²) in [6.45, 7) is 0. The van der Waals surface area contributed by atoms with Crippen molar-refractivity contribution >= 4 is 55.6 Å². The molecule has 1 heterocycles. The minimum absolute atomic E-state index is 0.0779. The number of hydrogen-bond donors (Lipinski definition) is 1. The lowest BCUT2D eigenvalue weighted by molar-refractivity contribution is 0.632. The molecular formula is C13H7Cl2FN2S. The first-order valence-corrected chi connectivity index (χ1v) is 6.98. The highest BCUT2D eigenvalue weighted by molar-refractivity contribution is 7.22. The molecule has 0 radical (unpaired) electrons. The Morgan fingerprint density at radius 1 is 1.16 bits per heavy atom. The van der Waals surface area contributed by atoms with Crippen LogP contribution in [0.1, 0.15) is 0 Å². The van der Waals surface area contributed by atoms with Gasteiger partial charge in [0.25, 0.3) is 0 Å². The third kappa shape index (κ3) is 2.52. The van der Waals surface area contributed by atoms with Crippen LogP contribution in [0, 0.1) is 5.82 Å². The van der Waals surface area contributed by atoms with Crippen molar-refractivity contribution in [1.82, 2.24) is 4.98 Å². The van der Waals surface area contributed by atoms with E-state index in [4.69, 9.17) is 23.2 Å². The van der Waals surface area contributed by atoms with Crippen LogP contribution in [0.15, 0.2) is 36.4 Å². The molecule has 0 aliphatic heterocycles. The van der Waals surface area contributed by atoms with Crippen molar-refractivity contribution in [2.45, 2.75) is 0 Å². The quantitative estimate of drug-likeness (QED) is 0.677. The molecular weight excluding hydrogens is 306 g/mol. The third-order valence-corrected chi connectivity index (χ3v) is 4.02. The minimum Gasteiger partial charge on any atom is -0.329 e. The molecule has 0 saturated carbocycles. The fourth-order valence-corrected chi connectivity index (χ4v) is 2.87. The molecule has 2 nitrogen and oxygen atoms in total. The van der Waals surface area contributed by atoms with Crippen LogP contribution in [0.3, 0.4) is 0 Å². The van der Waals surface area contributed by atoms with E-state index in [1.807, 2.05) is 6.07 Å². The summed E-state index contributed by atoms with van der Waals surface area (Å²) in [6.07, 6.45) is 0. The van der Waals surface area contributed by atoms with E-state index in [0.29, 0.717) is 15.8 Å². The number of fused-ring (bicyclic) bond motifs is 1. The first kappa shape index (κ1) is 12.7. The van der Waals surface area contributed by atoms with Crippen molar-refractivity contribution in [2.75, 3.05) is 5.32 Å². The Bertz CT molecular complexity index is 757. The molecule has 0 aliphatic carbocycles. The number of nitrogens with zero attached hydrogens (tertiary/aromatic N) is 1. The monoisotopic (exact) mass is 312 g/mol. The second kappa shape index (κ2) is 4.96. The summed E-state index contributed by atoms with van der Waals surface area (Å²) in [7, 11) is 0. The lowest BCUT2D eigenvalue weighted by atomic mass is 10.3. The van der Waals surface area contributed by atoms with Gasteiger partial charge in [0.2, 0.25) is 0 Å². The fraction of sp³-hybridized carbons (Fsp3) is 0. The summed E-state index contributed by atoms with van der Waals surface area (Å²) in [6, 6.07) is 10.2. The van der Waals surface area contributed by atoms with Crippen LogP contribution in [0.4, 0.5) is 15.2 Å². The maximum atomic E-state index is 13.8. The zero-order chi connectivity index (χ0) is 13.4. The van der Waals surface area contributed by atoms with Gasteiger partial charge in [-0.25, -0.2) is 9.37 Å². The van der Waals surface area contributed by atoms with Gasteiger partial charge in [-0.15, -0.1) is 0 Å². The van der Waals surface area contributed by atoms with E-state index < -0.39 is 5.82 Å². The Balaban J connectivity index is 1.99. The molecule has 0 bridgehead atoms. The van der Waals surface area contributed by atoms with Gasteiger partial charge in [-0.1, -0.05) is 40.6 Å². The Hall–Kier alpha value is -1.36. The minimum atomic E-state index is -0.485. The van der Waals surface area contributed by atoms with Crippen LogP contribution in [-0.2, 0) is 0 Å². The maximum Gasteiger partial charge on any atom is 0.188 e. The van der Waals surface area contributed by atoms with E-state index in [2.05, 4.69) is 10.3 Å². The molecule has 0 amide bonds. The number of hydrogen-bond acceptors (Lipinski definition) is 3. The normalized spacial score (nSPS) is 10.9. The van der Waals surface area contributed by atoms with E-state index >= 15 is 0 Å². The van der Waals surface area contributed by atoms with Gasteiger partial charge in [0, 0.05) is 5.02 Å². The van der Waals surface area contributed by atoms with Gasteiger partial charge in [-0.2, -0.15) is 0 Å². The van der Waals surface area contributed by atoms with Crippen LogP contribution in [-0.4, -0.2) is 4.98 Å². The average Bonchev–Trinajstić information content (AvgIpc) is 2.76. The number of thiazole rings is 1. The van der Waals surface area contributed by atoms with Gasteiger partial charge >= 0.3 is 0 Å². The van der Waals surface area contributed by atoms with Gasteiger partial charge in [-0.3, -0.25) is 0 Å². The number of benzene rings is 2. The molecule has 3 aromatic rings. The Morgan fingerprint density at radius 3 is 2.84 bits per heavy atom. The number of aromatic nitrogens is 1. The first-order chi connectivity index (χ1) is 9.13. The van der Waals surface area contributed by atoms with Gasteiger partial charge in [0.1, 0.15) is 0 Å². The summed E-state index contributed by atoms with van der Waals surface area (Å²) in [5.41, 5.74) is 1.08. The molecule has 1 N–H and O–H groups in total. The second-order valence-electron chi connectivity index (χ2n) is 3.86. The van der Waals surface area contributed by atoms with Gasteiger partial charge in [0.05, 0.1) is 20.9 Å². The number of halogens is 3. The van der Waals surface area contributed by atoms with E-state index in [-0.39, 0.29) is 5.02 Å². The largest absolute Gasteiger partial charge is 0.329 e. The van der Waals surface area contributed by atoms with E-state index in [9.17, 15) is 4.39 Å². The predicted molar refractivity (Wildman–Crippen MR) is 79.3 cm³/mol. The predicted octanol–water partition coefficient (Wildman–Crippen LogP) is 5.49. The maximum absolute atomic E-state index is 13.8. The molecule has 0 aliphatic rings. The Kier molecular flexibility index (Phi) is 3.31. The van der Waals surface area contributed by atoms with Crippen molar-refractivity contribution < 1.29 is 4.39 Å². The van der Waals surface area contributed by atoms with Crippen LogP contribution in [0.2, 0.25) is 10.0 Å². The molecule has 3 rings (SSSR count). The highest BCUT2D eigenvalue weighted by Gasteiger charge is 2.09. The van der Waals surface area contributed by atoms with E-state index in [0.717, 1.165) is 10.2 Å². The summed E-state index contributed by atoms with van der Waals surface area (Å²) >= 11 is 13.1. The molecule has 0 atom stereocenters. The topological polar surface area (TPSA) is 24.9 Å². The molecule has 0 unspecified atom stereocenters.